The maximum atomic E-state index is 6.01. The Kier molecular flexibility index (Phi) is 7.09. The van der Waals surface area contributed by atoms with Crippen LogP contribution in [0.1, 0.15) is 26.3 Å². The van der Waals surface area contributed by atoms with Crippen LogP contribution >= 0.6 is 11.6 Å². The van der Waals surface area contributed by atoms with Crippen molar-refractivity contribution in [3.8, 4) is 5.75 Å². The second-order valence-corrected chi connectivity index (χ2v) is 4.97. The normalized spacial score (nSPS) is 10.9. The van der Waals surface area contributed by atoms with E-state index in [0.29, 0.717) is 12.5 Å². The Bertz CT molecular complexity index is 356. The Labute approximate surface area is 114 Å². The number of benzene rings is 1. The van der Waals surface area contributed by atoms with Crippen LogP contribution in [0.15, 0.2) is 18.2 Å². The van der Waals surface area contributed by atoms with Crippen molar-refractivity contribution in [1.29, 1.82) is 0 Å². The number of hydrogen-bond acceptors (Lipinski definition) is 3. The Morgan fingerprint density at radius 1 is 1.33 bits per heavy atom. The van der Waals surface area contributed by atoms with Crippen molar-refractivity contribution in [2.45, 2.75) is 27.3 Å². The summed E-state index contributed by atoms with van der Waals surface area (Å²) in [5, 5.41) is 4.10. The topological polar surface area (TPSA) is 30.5 Å². The SMILES string of the molecule is CCOCOc1ccc(Cl)cc1CNCC(C)C. The van der Waals surface area contributed by atoms with Gasteiger partial charge < -0.3 is 14.8 Å². The van der Waals surface area contributed by atoms with E-state index in [9.17, 15) is 0 Å². The van der Waals surface area contributed by atoms with Gasteiger partial charge in [-0.15, -0.1) is 0 Å². The first-order chi connectivity index (χ1) is 8.63. The monoisotopic (exact) mass is 271 g/mol. The first-order valence-corrected chi connectivity index (χ1v) is 6.71. The van der Waals surface area contributed by atoms with Crippen LogP contribution < -0.4 is 10.1 Å². The van der Waals surface area contributed by atoms with Gasteiger partial charge in [-0.1, -0.05) is 25.4 Å². The van der Waals surface area contributed by atoms with Crippen molar-refractivity contribution in [3.05, 3.63) is 28.8 Å². The van der Waals surface area contributed by atoms with Gasteiger partial charge in [0.1, 0.15) is 5.75 Å². The molecule has 0 aromatic heterocycles. The molecule has 0 heterocycles. The third-order valence-corrected chi connectivity index (χ3v) is 2.63. The summed E-state index contributed by atoms with van der Waals surface area (Å²) in [5.74, 6) is 1.45. The molecule has 0 aliphatic heterocycles. The van der Waals surface area contributed by atoms with Gasteiger partial charge >= 0.3 is 0 Å². The number of nitrogens with one attached hydrogen (secondary N) is 1. The van der Waals surface area contributed by atoms with Gasteiger partial charge in [0.25, 0.3) is 0 Å². The van der Waals surface area contributed by atoms with E-state index in [1.807, 2.05) is 25.1 Å². The Morgan fingerprint density at radius 3 is 2.78 bits per heavy atom. The summed E-state index contributed by atoms with van der Waals surface area (Å²) >= 11 is 6.01. The molecule has 0 radical (unpaired) electrons. The molecule has 4 heteroatoms. The van der Waals surface area contributed by atoms with Crippen LogP contribution in [0.25, 0.3) is 0 Å². The lowest BCUT2D eigenvalue weighted by atomic mass is 10.2. The fraction of sp³-hybridized carbons (Fsp3) is 0.571. The van der Waals surface area contributed by atoms with Crippen molar-refractivity contribution in [3.63, 3.8) is 0 Å². The number of hydrogen-bond donors (Lipinski definition) is 1. The summed E-state index contributed by atoms with van der Waals surface area (Å²) < 4.78 is 10.8. The second-order valence-electron chi connectivity index (χ2n) is 4.53. The third-order valence-electron chi connectivity index (χ3n) is 2.39. The highest BCUT2D eigenvalue weighted by atomic mass is 35.5. The highest BCUT2D eigenvalue weighted by Gasteiger charge is 2.05. The van der Waals surface area contributed by atoms with E-state index in [2.05, 4.69) is 19.2 Å². The molecule has 0 atom stereocenters. The first-order valence-electron chi connectivity index (χ1n) is 6.33. The Hall–Kier alpha value is -0.770. The van der Waals surface area contributed by atoms with Crippen molar-refractivity contribution in [1.82, 2.24) is 5.32 Å². The molecule has 1 N–H and O–H groups in total. The molecule has 0 fully saturated rings. The minimum atomic E-state index is 0.273. The lowest BCUT2D eigenvalue weighted by Gasteiger charge is -2.13. The van der Waals surface area contributed by atoms with Gasteiger partial charge in [-0.05, 0) is 37.6 Å². The summed E-state index contributed by atoms with van der Waals surface area (Å²) in [7, 11) is 0. The van der Waals surface area contributed by atoms with Gasteiger partial charge in [-0.3, -0.25) is 0 Å². The Morgan fingerprint density at radius 2 is 2.11 bits per heavy atom. The van der Waals surface area contributed by atoms with E-state index in [1.54, 1.807) is 0 Å². The smallest absolute Gasteiger partial charge is 0.189 e. The van der Waals surface area contributed by atoms with Gasteiger partial charge in [0, 0.05) is 23.7 Å². The molecule has 18 heavy (non-hydrogen) atoms. The van der Waals surface area contributed by atoms with E-state index < -0.39 is 0 Å². The molecule has 0 saturated heterocycles. The zero-order chi connectivity index (χ0) is 13.4. The number of ether oxygens (including phenoxy) is 2. The fourth-order valence-corrected chi connectivity index (χ4v) is 1.71. The van der Waals surface area contributed by atoms with Crippen LogP contribution in [0.5, 0.6) is 5.75 Å². The molecule has 0 saturated carbocycles. The predicted octanol–water partition coefficient (Wildman–Crippen LogP) is 3.46. The van der Waals surface area contributed by atoms with Crippen LogP contribution in [-0.2, 0) is 11.3 Å². The van der Waals surface area contributed by atoms with Crippen molar-refractivity contribution in [2.24, 2.45) is 5.92 Å². The van der Waals surface area contributed by atoms with Crippen molar-refractivity contribution in [2.75, 3.05) is 19.9 Å². The Balaban J connectivity index is 2.58. The fourth-order valence-electron chi connectivity index (χ4n) is 1.51. The largest absolute Gasteiger partial charge is 0.467 e. The van der Waals surface area contributed by atoms with Gasteiger partial charge in [0.05, 0.1) is 0 Å². The first kappa shape index (κ1) is 15.3. The van der Waals surface area contributed by atoms with E-state index >= 15 is 0 Å². The van der Waals surface area contributed by atoms with Crippen LogP contribution in [0.3, 0.4) is 0 Å². The summed E-state index contributed by atoms with van der Waals surface area (Å²) in [4.78, 5) is 0. The van der Waals surface area contributed by atoms with Crippen molar-refractivity contribution >= 4 is 11.6 Å². The minimum Gasteiger partial charge on any atom is -0.467 e. The highest BCUT2D eigenvalue weighted by molar-refractivity contribution is 6.30. The molecular formula is C14H22ClNO2. The number of halogens is 1. The zero-order valence-corrected chi connectivity index (χ0v) is 12.1. The molecule has 0 unspecified atom stereocenters. The maximum Gasteiger partial charge on any atom is 0.189 e. The summed E-state index contributed by atoms with van der Waals surface area (Å²) in [6.07, 6.45) is 0. The van der Waals surface area contributed by atoms with E-state index in [1.165, 1.54) is 0 Å². The maximum absolute atomic E-state index is 6.01. The lowest BCUT2D eigenvalue weighted by Crippen LogP contribution is -2.19. The van der Waals surface area contributed by atoms with Crippen LogP contribution in [0, 0.1) is 5.92 Å². The summed E-state index contributed by atoms with van der Waals surface area (Å²) in [6, 6.07) is 5.64. The van der Waals surface area contributed by atoms with E-state index in [0.717, 1.165) is 29.4 Å². The van der Waals surface area contributed by atoms with Crippen molar-refractivity contribution < 1.29 is 9.47 Å². The minimum absolute atomic E-state index is 0.273. The number of rotatable bonds is 8. The highest BCUT2D eigenvalue weighted by Crippen LogP contribution is 2.23. The lowest BCUT2D eigenvalue weighted by molar-refractivity contribution is 0.0218. The average Bonchev–Trinajstić information content (AvgIpc) is 2.31. The van der Waals surface area contributed by atoms with Gasteiger partial charge in [-0.2, -0.15) is 0 Å². The van der Waals surface area contributed by atoms with Gasteiger partial charge in [0.15, 0.2) is 6.79 Å². The quantitative estimate of drug-likeness (QED) is 0.580. The molecule has 3 nitrogen and oxygen atoms in total. The molecule has 0 amide bonds. The second kappa shape index (κ2) is 8.35. The predicted molar refractivity (Wildman–Crippen MR) is 75.1 cm³/mol. The molecular weight excluding hydrogens is 250 g/mol. The molecule has 1 rings (SSSR count). The standard InChI is InChI=1S/C14H22ClNO2/c1-4-17-10-18-14-6-5-13(15)7-12(14)9-16-8-11(2)3/h5-7,11,16H,4,8-10H2,1-3H3. The van der Waals surface area contributed by atoms with E-state index in [-0.39, 0.29) is 6.79 Å². The molecule has 102 valence electrons. The molecule has 1 aromatic carbocycles. The molecule has 0 spiro atoms. The van der Waals surface area contributed by atoms with Crippen LogP contribution in [-0.4, -0.2) is 19.9 Å². The third kappa shape index (κ3) is 5.71. The molecule has 0 aliphatic carbocycles. The molecule has 1 aromatic rings. The van der Waals surface area contributed by atoms with Gasteiger partial charge in [0.2, 0.25) is 0 Å². The zero-order valence-electron chi connectivity index (χ0n) is 11.3. The van der Waals surface area contributed by atoms with Gasteiger partial charge in [-0.25, -0.2) is 0 Å². The average molecular weight is 272 g/mol. The molecule has 0 aliphatic rings. The van der Waals surface area contributed by atoms with Crippen LogP contribution in [0.2, 0.25) is 5.02 Å². The molecule has 0 bridgehead atoms. The van der Waals surface area contributed by atoms with Crippen LogP contribution in [0.4, 0.5) is 0 Å². The summed E-state index contributed by atoms with van der Waals surface area (Å²) in [6.45, 7) is 8.94. The summed E-state index contributed by atoms with van der Waals surface area (Å²) in [5.41, 5.74) is 1.06. The van der Waals surface area contributed by atoms with E-state index in [4.69, 9.17) is 21.1 Å².